The van der Waals surface area contributed by atoms with Gasteiger partial charge in [-0.15, -0.1) is 11.3 Å². The number of ketones is 1. The van der Waals surface area contributed by atoms with Gasteiger partial charge in [0.1, 0.15) is 23.3 Å². The predicted octanol–water partition coefficient (Wildman–Crippen LogP) is 10.8. The van der Waals surface area contributed by atoms with E-state index >= 15 is 0 Å². The lowest BCUT2D eigenvalue weighted by molar-refractivity contribution is -0.137. The van der Waals surface area contributed by atoms with Crippen LogP contribution in [-0.4, -0.2) is 211 Å². The van der Waals surface area contributed by atoms with Crippen molar-refractivity contribution in [3.8, 4) is 33.5 Å². The van der Waals surface area contributed by atoms with Crippen molar-refractivity contribution in [2.45, 2.75) is 84.1 Å². The van der Waals surface area contributed by atoms with Crippen LogP contribution in [0.25, 0.3) is 88.6 Å². The van der Waals surface area contributed by atoms with Crippen molar-refractivity contribution in [2.24, 2.45) is 0 Å². The van der Waals surface area contributed by atoms with Gasteiger partial charge in [0.2, 0.25) is 0 Å². The van der Waals surface area contributed by atoms with Crippen LogP contribution in [0, 0.1) is 0 Å². The number of thiophene rings is 1. The molecule has 8 aliphatic heterocycles. The molecule has 0 radical (unpaired) electrons. The van der Waals surface area contributed by atoms with Crippen molar-refractivity contribution in [3.63, 3.8) is 0 Å². The van der Waals surface area contributed by atoms with Crippen molar-refractivity contribution in [3.05, 3.63) is 242 Å². The second kappa shape index (κ2) is 33.5. The number of piperazine rings is 2. The molecule has 3 saturated heterocycles. The van der Waals surface area contributed by atoms with Crippen LogP contribution < -0.4 is 26.6 Å². The molecule has 6 amide bonds. The number of hydrogen-bond donors (Lipinski definition) is 6. The second-order valence-corrected chi connectivity index (χ2v) is 33.4. The fourth-order valence-corrected chi connectivity index (χ4v) is 19.0. The standard InChI is InChI=1S/C23H25N5O.C22H23N5O2.C18H15N3O2.C14H10BrN3OS.C13H13N3O3/c29-23-19-7-4-8-20-22(19)28(10-9-24-23)21(25-20)15-27-14-17-11-18(27)13-26(17)12-16-5-2-1-3-6-16;1-25-10-12-26(13-11-25)22(29)16-5-2-4-15(14-16)20-24-18-7-3-6-17-19(18)27(20)9-8-23-21(17)28;1-11(22)12-4-2-5-13(10-12)17-20-15-7-3-6-14-16(15)21(17)9-8-19-18(14)23;15-11-5-4-10(20-11)13-17-9-3-1-2-8-12(9)18(13)7-6-16-14(8)19;17-11(18)5-4-10-15-9-3-1-2-8-12(9)16(10)7-6-14-13(8)19/h1-8,17-18H,9-15H2,(H,24,29);2-7,14H,8-13H2,1H3,(H,23,28);2-7,10H,8-9H2,1H3,(H,19,23);1-5H,6-7H2,(H,16,19);1-3H,4-7H2,(H,14,19)(H,17,18). The molecule has 608 valence electrons. The number of Topliss-reactive ketones (excluding diaryl/α,β-unsaturated/α-hetero) is 1. The Bertz CT molecular complexity index is 6430. The third-order valence-corrected chi connectivity index (χ3v) is 25.0. The maximum absolute atomic E-state index is 13.0. The van der Waals surface area contributed by atoms with E-state index in [9.17, 15) is 38.4 Å². The summed E-state index contributed by atoms with van der Waals surface area (Å²) in [4.78, 5) is 130. The van der Waals surface area contributed by atoms with Crippen molar-refractivity contribution in [1.29, 1.82) is 0 Å². The molecule has 22 rings (SSSR count). The molecule has 8 aromatic carbocycles. The van der Waals surface area contributed by atoms with Crippen LogP contribution in [0.1, 0.15) is 109 Å². The molecule has 0 aliphatic carbocycles. The Morgan fingerprint density at radius 2 is 0.833 bits per heavy atom. The normalized spacial score (nSPS) is 17.3. The molecule has 120 heavy (non-hydrogen) atoms. The van der Waals surface area contributed by atoms with Gasteiger partial charge in [0, 0.05) is 152 Å². The molecule has 0 spiro atoms. The first-order chi connectivity index (χ1) is 58.4. The van der Waals surface area contributed by atoms with Crippen molar-refractivity contribution < 1.29 is 43.5 Å². The van der Waals surface area contributed by atoms with Crippen LogP contribution in [-0.2, 0) is 57.0 Å². The Balaban J connectivity index is 0.000000104. The van der Waals surface area contributed by atoms with Crippen LogP contribution in [0.15, 0.2) is 186 Å². The highest BCUT2D eigenvalue weighted by atomic mass is 79.9. The summed E-state index contributed by atoms with van der Waals surface area (Å²) in [5.41, 5.74) is 16.4. The molecule has 8 aliphatic rings. The Hall–Kier alpha value is -12.9. The average Bonchev–Trinajstić information content (AvgIpc) is 1.62. The maximum atomic E-state index is 13.0. The minimum Gasteiger partial charge on any atom is -0.481 e. The van der Waals surface area contributed by atoms with Crippen molar-refractivity contribution in [2.75, 3.05) is 79.0 Å². The van der Waals surface area contributed by atoms with E-state index in [2.05, 4.69) is 124 Å². The van der Waals surface area contributed by atoms with E-state index < -0.39 is 5.97 Å². The highest BCUT2D eigenvalue weighted by Crippen LogP contribution is 2.38. The Morgan fingerprint density at radius 3 is 1.28 bits per heavy atom. The number of hydrogen-bond acceptors (Lipinski definition) is 17. The lowest BCUT2D eigenvalue weighted by atomic mass is 10.1. The number of benzene rings is 8. The zero-order valence-corrected chi connectivity index (χ0v) is 68.5. The SMILES string of the molecule is CC(=O)c1cccc(-c2nc3cccc4c3n2CCNC4=O)c1.CN1CCN(C(=O)c2cccc(-c3nc4cccc5c4n3CCNC5=O)c2)CC1.O=C(O)CCc1nc2cccc3c2n1CCNC3=O.O=C1NCCn2c(-c3ccc(Br)s3)nc3cccc1c32.O=C1NCCn2c(CN3CC4CC3CN4Cc3ccccc3)nc3cccc1c32. The van der Waals surface area contributed by atoms with E-state index in [1.54, 1.807) is 36.5 Å². The van der Waals surface area contributed by atoms with Crippen LogP contribution in [0.3, 0.4) is 0 Å². The fourth-order valence-electron chi connectivity index (χ4n) is 17.6. The predicted molar refractivity (Wildman–Crippen MR) is 461 cm³/mol. The first kappa shape index (κ1) is 78.3. The maximum Gasteiger partial charge on any atom is 0.303 e. The summed E-state index contributed by atoms with van der Waals surface area (Å²) >= 11 is 5.14. The number of carbonyl (C=O) groups is 8. The van der Waals surface area contributed by atoms with Crippen LogP contribution in [0.5, 0.6) is 0 Å². The molecule has 6 N–H and O–H groups in total. The van der Waals surface area contributed by atoms with Crippen molar-refractivity contribution in [1.82, 2.24) is 93.9 Å². The molecule has 2 unspecified atom stereocenters. The van der Waals surface area contributed by atoms with Crippen LogP contribution in [0.2, 0.25) is 0 Å². The average molecular weight is 1690 g/mol. The molecule has 2 bridgehead atoms. The lowest BCUT2D eigenvalue weighted by Gasteiger charge is -2.34. The number of carboxylic acid groups (broad SMARTS) is 1. The topological polar surface area (TPSA) is 319 Å². The highest BCUT2D eigenvalue weighted by Gasteiger charge is 2.44. The summed E-state index contributed by atoms with van der Waals surface area (Å²) in [7, 11) is 2.08. The van der Waals surface area contributed by atoms with Gasteiger partial charge < -0.3 is 64.3 Å². The number of likely N-dealkylation sites (tertiary alicyclic amines) is 2. The Morgan fingerprint density at radius 1 is 0.433 bits per heavy atom. The summed E-state index contributed by atoms with van der Waals surface area (Å²) in [6.45, 7) is 15.3. The number of rotatable bonds is 12. The number of likely N-dealkylation sites (N-methyl/N-ethyl adjacent to an activating group) is 1. The van der Waals surface area contributed by atoms with Gasteiger partial charge in [-0.2, -0.15) is 0 Å². The number of carbonyl (C=O) groups excluding carboxylic acids is 7. The number of imidazole rings is 5. The van der Waals surface area contributed by atoms with E-state index in [0.29, 0.717) is 104 Å². The zero-order chi connectivity index (χ0) is 82.4. The highest BCUT2D eigenvalue weighted by molar-refractivity contribution is 9.11. The van der Waals surface area contributed by atoms with Crippen LogP contribution in [0.4, 0.5) is 0 Å². The number of para-hydroxylation sites is 5. The molecule has 14 heterocycles. The molecule has 28 nitrogen and oxygen atoms in total. The van der Waals surface area contributed by atoms with Gasteiger partial charge in [-0.1, -0.05) is 91.0 Å². The molecule has 14 aromatic rings. The number of carboxylic acids is 1. The lowest BCUT2D eigenvalue weighted by Crippen LogP contribution is -2.47. The number of fused-ring (bicyclic) bond motifs is 2. The smallest absolute Gasteiger partial charge is 0.303 e. The number of aryl methyl sites for hydroxylation is 1. The van der Waals surface area contributed by atoms with Gasteiger partial charge in [0.05, 0.1) is 105 Å². The Labute approximate surface area is 701 Å². The largest absolute Gasteiger partial charge is 0.481 e. The van der Waals surface area contributed by atoms with E-state index in [1.807, 2.05) is 137 Å². The number of nitrogens with one attached hydrogen (secondary N) is 5. The van der Waals surface area contributed by atoms with Gasteiger partial charge in [0.15, 0.2) is 11.6 Å². The summed E-state index contributed by atoms with van der Waals surface area (Å²) in [5.74, 6) is 3.30. The number of nitrogens with zero attached hydrogens (tertiary/aromatic N) is 14. The van der Waals surface area contributed by atoms with Crippen molar-refractivity contribution >= 4 is 130 Å². The monoisotopic (exact) mass is 1690 g/mol. The van der Waals surface area contributed by atoms with Gasteiger partial charge in [-0.25, -0.2) is 24.9 Å². The quantitative estimate of drug-likeness (QED) is 0.0619. The number of amides is 6. The number of aromatic nitrogens is 10. The van der Waals surface area contributed by atoms with E-state index in [4.69, 9.17) is 25.0 Å². The Kier molecular flexibility index (Phi) is 21.9. The minimum atomic E-state index is -0.845. The molecule has 0 saturated carbocycles. The van der Waals surface area contributed by atoms with Gasteiger partial charge in [-0.3, -0.25) is 48.2 Å². The zero-order valence-electron chi connectivity index (χ0n) is 66.1. The minimum absolute atomic E-state index is 0.0117. The molecular formula is C90H86BrN19O9S. The summed E-state index contributed by atoms with van der Waals surface area (Å²) in [6, 6.07) is 59.4. The van der Waals surface area contributed by atoms with Crippen LogP contribution >= 0.6 is 27.3 Å². The third-order valence-electron chi connectivity index (χ3n) is 23.4. The van der Waals surface area contributed by atoms with E-state index in [-0.39, 0.29) is 47.6 Å². The first-order valence-electron chi connectivity index (χ1n) is 40.5. The summed E-state index contributed by atoms with van der Waals surface area (Å²) < 4.78 is 11.6. The molecule has 6 aromatic heterocycles. The van der Waals surface area contributed by atoms with Gasteiger partial charge in [0.25, 0.3) is 35.4 Å². The second-order valence-electron chi connectivity index (χ2n) is 31.0. The summed E-state index contributed by atoms with van der Waals surface area (Å²) in [5, 5.41) is 23.4. The van der Waals surface area contributed by atoms with Gasteiger partial charge >= 0.3 is 5.97 Å². The molecule has 2 atom stereocenters. The third kappa shape index (κ3) is 15.5. The van der Waals surface area contributed by atoms with E-state index in [1.165, 1.54) is 12.0 Å². The first-order valence-corrected chi connectivity index (χ1v) is 42.1. The summed E-state index contributed by atoms with van der Waals surface area (Å²) in [6.07, 6.45) is 1.66. The molecular weight excluding hydrogens is 1600 g/mol. The number of halogens is 1. The molecule has 3 fully saturated rings. The van der Waals surface area contributed by atoms with E-state index in [0.717, 1.165) is 175 Å². The molecule has 30 heteroatoms. The van der Waals surface area contributed by atoms with Gasteiger partial charge in [-0.05, 0) is 133 Å². The number of aliphatic carboxylic acids is 1. The fraction of sp³-hybridized carbons (Fsp3) is 0.278.